The fourth-order valence-corrected chi connectivity index (χ4v) is 4.23. The number of esters is 1. The molecule has 2 aromatic rings. The number of pyridine rings is 1. The van der Waals surface area contributed by atoms with Crippen molar-refractivity contribution in [2.75, 3.05) is 46.9 Å². The summed E-state index contributed by atoms with van der Waals surface area (Å²) in [5, 5.41) is 0.847. The standard InChI is InChI=1S/C25H31N3O7/c1-3-34-25(30)21-22(29)20(13-17-14-27-23-19(17)8-6-9-26-23)35-24(21)28-10-5-4-7-18(28)15-33-16-32-12-11-31-2/h6,8-9,13-14,18H,3-5,7,10-12,15-16H2,1-2H3,(H,26,27). The van der Waals surface area contributed by atoms with Crippen molar-refractivity contribution in [3.8, 4) is 0 Å². The third-order valence-electron chi connectivity index (χ3n) is 5.92. The molecule has 0 bridgehead atoms. The number of carbonyl (C=O) groups excluding carboxylic acids is 2. The van der Waals surface area contributed by atoms with Gasteiger partial charge in [0.15, 0.2) is 11.3 Å². The van der Waals surface area contributed by atoms with Gasteiger partial charge in [-0.25, -0.2) is 9.78 Å². The molecule has 0 spiro atoms. The summed E-state index contributed by atoms with van der Waals surface area (Å²) in [5.41, 5.74) is 1.36. The first-order chi connectivity index (χ1) is 17.1. The Balaban J connectivity index is 1.57. The first-order valence-electron chi connectivity index (χ1n) is 11.8. The predicted octanol–water partition coefficient (Wildman–Crippen LogP) is 2.77. The summed E-state index contributed by atoms with van der Waals surface area (Å²) < 4.78 is 27.4. The van der Waals surface area contributed by atoms with Gasteiger partial charge in [-0.05, 0) is 44.4 Å². The molecule has 4 rings (SSSR count). The van der Waals surface area contributed by atoms with Crippen molar-refractivity contribution in [2.45, 2.75) is 32.2 Å². The Morgan fingerprint density at radius 2 is 2.20 bits per heavy atom. The van der Waals surface area contributed by atoms with Gasteiger partial charge in [0.05, 0.1) is 32.5 Å². The highest BCUT2D eigenvalue weighted by molar-refractivity contribution is 6.26. The Hall–Kier alpha value is -3.21. The number of methoxy groups -OCH3 is 1. The van der Waals surface area contributed by atoms with Gasteiger partial charge in [0.1, 0.15) is 12.4 Å². The lowest BCUT2D eigenvalue weighted by molar-refractivity contribution is -0.139. The lowest BCUT2D eigenvalue weighted by atomic mass is 10.0. The molecular weight excluding hydrogens is 454 g/mol. The summed E-state index contributed by atoms with van der Waals surface area (Å²) >= 11 is 0. The first kappa shape index (κ1) is 24.9. The molecule has 0 aliphatic carbocycles. The lowest BCUT2D eigenvalue weighted by Gasteiger charge is -2.37. The van der Waals surface area contributed by atoms with Crippen molar-refractivity contribution in [1.29, 1.82) is 0 Å². The number of hydrogen-bond donors (Lipinski definition) is 1. The lowest BCUT2D eigenvalue weighted by Crippen LogP contribution is -2.42. The molecule has 1 saturated heterocycles. The van der Waals surface area contributed by atoms with Gasteiger partial charge < -0.3 is 33.6 Å². The number of allylic oxidation sites excluding steroid dienone is 1. The Kier molecular flexibility index (Phi) is 8.51. The average Bonchev–Trinajstić information content (AvgIpc) is 3.43. The van der Waals surface area contributed by atoms with Crippen LogP contribution < -0.4 is 0 Å². The minimum Gasteiger partial charge on any atom is -0.462 e. The van der Waals surface area contributed by atoms with Gasteiger partial charge in [0.2, 0.25) is 11.7 Å². The summed E-state index contributed by atoms with van der Waals surface area (Å²) in [6.45, 7) is 3.93. The highest BCUT2D eigenvalue weighted by Crippen LogP contribution is 2.34. The van der Waals surface area contributed by atoms with Gasteiger partial charge in [-0.2, -0.15) is 0 Å². The number of aromatic nitrogens is 2. The average molecular weight is 486 g/mol. The molecule has 2 aliphatic rings. The van der Waals surface area contributed by atoms with Crippen molar-refractivity contribution in [2.24, 2.45) is 0 Å². The number of Topliss-reactive ketones (excluding diaryl/α,β-unsaturated/α-hetero) is 1. The summed E-state index contributed by atoms with van der Waals surface area (Å²) in [4.78, 5) is 35.5. The number of fused-ring (bicyclic) bond motifs is 1. The van der Waals surface area contributed by atoms with Crippen LogP contribution in [-0.2, 0) is 33.3 Å². The Bertz CT molecular complexity index is 1110. The number of aromatic amines is 1. The molecule has 0 radical (unpaired) electrons. The minimum absolute atomic E-state index is 0.0703. The first-order valence-corrected chi connectivity index (χ1v) is 11.8. The molecular formula is C25H31N3O7. The zero-order valence-corrected chi connectivity index (χ0v) is 20.1. The van der Waals surface area contributed by atoms with E-state index in [1.165, 1.54) is 0 Å². The second-order valence-electron chi connectivity index (χ2n) is 8.22. The highest BCUT2D eigenvalue weighted by atomic mass is 16.7. The zero-order valence-electron chi connectivity index (χ0n) is 20.1. The summed E-state index contributed by atoms with van der Waals surface area (Å²) in [6.07, 6.45) is 7.83. The van der Waals surface area contributed by atoms with E-state index in [2.05, 4.69) is 9.97 Å². The van der Waals surface area contributed by atoms with Crippen LogP contribution in [-0.4, -0.2) is 79.5 Å². The van der Waals surface area contributed by atoms with Gasteiger partial charge in [0, 0.05) is 37.0 Å². The number of H-pyrrole nitrogens is 1. The van der Waals surface area contributed by atoms with Crippen LogP contribution in [0.1, 0.15) is 31.7 Å². The topological polar surface area (TPSA) is 112 Å². The molecule has 1 unspecified atom stereocenters. The Morgan fingerprint density at radius 3 is 3.03 bits per heavy atom. The molecule has 0 saturated carbocycles. The van der Waals surface area contributed by atoms with Crippen molar-refractivity contribution in [3.05, 3.63) is 47.3 Å². The monoisotopic (exact) mass is 485 g/mol. The number of piperidine rings is 1. The van der Waals surface area contributed by atoms with Crippen molar-refractivity contribution in [1.82, 2.24) is 14.9 Å². The van der Waals surface area contributed by atoms with E-state index in [0.717, 1.165) is 30.2 Å². The number of rotatable bonds is 11. The molecule has 0 amide bonds. The number of nitrogens with one attached hydrogen (secondary N) is 1. The third-order valence-corrected chi connectivity index (χ3v) is 5.92. The van der Waals surface area contributed by atoms with Crippen LogP contribution in [0, 0.1) is 0 Å². The van der Waals surface area contributed by atoms with Crippen LogP contribution in [0.25, 0.3) is 17.1 Å². The molecule has 10 nitrogen and oxygen atoms in total. The molecule has 35 heavy (non-hydrogen) atoms. The maximum Gasteiger partial charge on any atom is 0.347 e. The van der Waals surface area contributed by atoms with Crippen LogP contribution in [0.3, 0.4) is 0 Å². The quantitative estimate of drug-likeness (QED) is 0.169. The van der Waals surface area contributed by atoms with Crippen LogP contribution in [0.5, 0.6) is 0 Å². The zero-order chi connectivity index (χ0) is 24.6. The number of likely N-dealkylation sites (tertiary alicyclic amines) is 1. The van der Waals surface area contributed by atoms with Crippen LogP contribution in [0.2, 0.25) is 0 Å². The van der Waals surface area contributed by atoms with E-state index in [-0.39, 0.29) is 36.7 Å². The smallest absolute Gasteiger partial charge is 0.347 e. The van der Waals surface area contributed by atoms with Crippen molar-refractivity contribution < 1.29 is 33.3 Å². The molecule has 1 fully saturated rings. The van der Waals surface area contributed by atoms with Crippen molar-refractivity contribution in [3.63, 3.8) is 0 Å². The Morgan fingerprint density at radius 1 is 1.31 bits per heavy atom. The van der Waals surface area contributed by atoms with E-state index in [1.54, 1.807) is 32.5 Å². The maximum atomic E-state index is 13.3. The SMILES string of the molecule is CCOC(=O)C1=C(N2CCCCC2COCOCCOC)OC(=Cc2c[nH]c3ncccc23)C1=O. The number of hydrogen-bond acceptors (Lipinski definition) is 9. The van der Waals surface area contributed by atoms with Gasteiger partial charge in [0.25, 0.3) is 0 Å². The maximum absolute atomic E-state index is 13.3. The number of carbonyl (C=O) groups is 2. The van der Waals surface area contributed by atoms with E-state index in [0.29, 0.717) is 32.0 Å². The van der Waals surface area contributed by atoms with E-state index < -0.39 is 11.8 Å². The van der Waals surface area contributed by atoms with Gasteiger partial charge >= 0.3 is 5.97 Å². The number of ketones is 1. The largest absolute Gasteiger partial charge is 0.462 e. The van der Waals surface area contributed by atoms with Crippen LogP contribution in [0.4, 0.5) is 0 Å². The third kappa shape index (κ3) is 5.72. The molecule has 1 atom stereocenters. The molecule has 2 aromatic heterocycles. The molecule has 4 heterocycles. The predicted molar refractivity (Wildman–Crippen MR) is 127 cm³/mol. The van der Waals surface area contributed by atoms with E-state index in [1.807, 2.05) is 17.0 Å². The molecule has 2 aliphatic heterocycles. The van der Waals surface area contributed by atoms with Crippen molar-refractivity contribution >= 4 is 28.9 Å². The summed E-state index contributed by atoms with van der Waals surface area (Å²) in [6, 6.07) is 3.65. The molecule has 188 valence electrons. The van der Waals surface area contributed by atoms with E-state index in [4.69, 9.17) is 23.7 Å². The number of ether oxygens (including phenoxy) is 5. The van der Waals surface area contributed by atoms with Crippen LogP contribution >= 0.6 is 0 Å². The number of nitrogens with zero attached hydrogens (tertiary/aromatic N) is 2. The van der Waals surface area contributed by atoms with E-state index >= 15 is 0 Å². The van der Waals surface area contributed by atoms with Gasteiger partial charge in [-0.1, -0.05) is 0 Å². The summed E-state index contributed by atoms with van der Waals surface area (Å²) in [5.74, 6) is -0.887. The Labute approximate surface area is 203 Å². The van der Waals surface area contributed by atoms with Gasteiger partial charge in [-0.3, -0.25) is 4.79 Å². The van der Waals surface area contributed by atoms with Gasteiger partial charge in [-0.15, -0.1) is 0 Å². The van der Waals surface area contributed by atoms with Crippen LogP contribution in [0.15, 0.2) is 41.7 Å². The fourth-order valence-electron chi connectivity index (χ4n) is 4.23. The second kappa shape index (κ2) is 12.0. The second-order valence-corrected chi connectivity index (χ2v) is 8.22. The summed E-state index contributed by atoms with van der Waals surface area (Å²) in [7, 11) is 1.61. The molecule has 10 heteroatoms. The highest BCUT2D eigenvalue weighted by Gasteiger charge is 2.41. The fraction of sp³-hybridized carbons (Fsp3) is 0.480. The van der Waals surface area contributed by atoms with E-state index in [9.17, 15) is 9.59 Å². The normalized spacial score (nSPS) is 19.6. The molecule has 0 aromatic carbocycles. The molecule has 1 N–H and O–H groups in total. The minimum atomic E-state index is -0.690.